The van der Waals surface area contributed by atoms with Gasteiger partial charge in [-0.05, 0) is 0 Å². The molecule has 0 saturated carbocycles. The van der Waals surface area contributed by atoms with Crippen molar-refractivity contribution in [2.24, 2.45) is 5.92 Å². The van der Waals surface area contributed by atoms with Crippen molar-refractivity contribution in [1.29, 1.82) is 0 Å². The molecule has 1 fully saturated rings. The largest absolute Gasteiger partial charge is 0.435 e. The first-order valence-electron chi connectivity index (χ1n) is 2.96. The van der Waals surface area contributed by atoms with Crippen LogP contribution >= 0.6 is 0 Å². The van der Waals surface area contributed by atoms with E-state index in [9.17, 15) is 4.79 Å². The highest BCUT2D eigenvalue weighted by Crippen LogP contribution is 2.20. The molecule has 0 radical (unpaired) electrons. The molecular weight excluding hydrogens is 120 g/mol. The van der Waals surface area contributed by atoms with Crippen LogP contribution in [0.1, 0.15) is 13.3 Å². The molecule has 1 saturated heterocycles. The van der Waals surface area contributed by atoms with Crippen molar-refractivity contribution < 1.29 is 14.3 Å². The van der Waals surface area contributed by atoms with Gasteiger partial charge in [0, 0.05) is 13.0 Å². The molecule has 0 N–H and O–H groups in total. The minimum Gasteiger partial charge on any atom is -0.435 e. The van der Waals surface area contributed by atoms with Crippen LogP contribution in [0.2, 0.25) is 0 Å². The number of carbonyl (C=O) groups is 1. The number of hydrogen-bond acceptors (Lipinski definition) is 3. The Balaban J connectivity index is 2.47. The van der Waals surface area contributed by atoms with E-state index >= 15 is 0 Å². The summed E-state index contributed by atoms with van der Waals surface area (Å²) in [6.45, 7) is 1.93. The maximum Gasteiger partial charge on any atom is 0.308 e. The topological polar surface area (TPSA) is 35.5 Å². The van der Waals surface area contributed by atoms with Crippen molar-refractivity contribution in [3.8, 4) is 0 Å². The summed E-state index contributed by atoms with van der Waals surface area (Å²) in [5.74, 6) is 0.0526. The molecule has 0 amide bonds. The summed E-state index contributed by atoms with van der Waals surface area (Å²) < 4.78 is 9.61. The van der Waals surface area contributed by atoms with E-state index in [2.05, 4.69) is 0 Å². The minimum atomic E-state index is -0.308. The third kappa shape index (κ3) is 1.21. The first-order chi connectivity index (χ1) is 4.24. The van der Waals surface area contributed by atoms with Crippen molar-refractivity contribution in [1.82, 2.24) is 0 Å². The smallest absolute Gasteiger partial charge is 0.308 e. The quantitative estimate of drug-likeness (QED) is 0.486. The van der Waals surface area contributed by atoms with Crippen molar-refractivity contribution in [2.75, 3.05) is 7.11 Å². The molecule has 3 heteroatoms. The number of methoxy groups -OCH3 is 1. The number of cyclic esters (lactones) is 1. The van der Waals surface area contributed by atoms with Gasteiger partial charge in [-0.1, -0.05) is 6.92 Å². The number of esters is 1. The van der Waals surface area contributed by atoms with E-state index < -0.39 is 0 Å². The third-order valence-electron chi connectivity index (χ3n) is 1.43. The maximum atomic E-state index is 10.5. The lowest BCUT2D eigenvalue weighted by Crippen LogP contribution is -2.15. The van der Waals surface area contributed by atoms with Gasteiger partial charge in [0.05, 0.1) is 6.42 Å². The van der Waals surface area contributed by atoms with E-state index in [1.807, 2.05) is 6.92 Å². The van der Waals surface area contributed by atoms with E-state index in [0.29, 0.717) is 6.42 Å². The van der Waals surface area contributed by atoms with Gasteiger partial charge >= 0.3 is 5.97 Å². The summed E-state index contributed by atoms with van der Waals surface area (Å²) >= 11 is 0. The van der Waals surface area contributed by atoms with Crippen LogP contribution in [0.3, 0.4) is 0 Å². The highest BCUT2D eigenvalue weighted by atomic mass is 16.7. The van der Waals surface area contributed by atoms with Gasteiger partial charge in [-0.15, -0.1) is 0 Å². The van der Waals surface area contributed by atoms with Crippen molar-refractivity contribution >= 4 is 5.97 Å². The normalized spacial score (nSPS) is 34.7. The Labute approximate surface area is 53.9 Å². The Morgan fingerprint density at radius 3 is 2.67 bits per heavy atom. The Morgan fingerprint density at radius 1 is 1.78 bits per heavy atom. The number of rotatable bonds is 1. The van der Waals surface area contributed by atoms with Crippen LogP contribution in [0.5, 0.6) is 0 Å². The SMILES string of the molecule is COC1OC(=O)C[C@@H]1C. The molecule has 0 aromatic rings. The molecular formula is C6H10O3. The van der Waals surface area contributed by atoms with Crippen LogP contribution in [0.15, 0.2) is 0 Å². The Bertz CT molecular complexity index is 121. The minimum absolute atomic E-state index is 0.158. The second kappa shape index (κ2) is 2.35. The van der Waals surface area contributed by atoms with Crippen molar-refractivity contribution in [2.45, 2.75) is 19.6 Å². The summed E-state index contributed by atoms with van der Waals surface area (Å²) in [6.07, 6.45) is 0.177. The third-order valence-corrected chi connectivity index (χ3v) is 1.43. The molecule has 52 valence electrons. The van der Waals surface area contributed by atoms with Crippen LogP contribution in [-0.4, -0.2) is 19.4 Å². The second-order valence-corrected chi connectivity index (χ2v) is 2.28. The fourth-order valence-electron chi connectivity index (χ4n) is 0.933. The van der Waals surface area contributed by atoms with Crippen LogP contribution in [0.4, 0.5) is 0 Å². The van der Waals surface area contributed by atoms with E-state index in [4.69, 9.17) is 9.47 Å². The fourth-order valence-corrected chi connectivity index (χ4v) is 0.933. The Kier molecular flexibility index (Phi) is 1.71. The first kappa shape index (κ1) is 6.55. The average Bonchev–Trinajstić information content (AvgIpc) is 2.10. The second-order valence-electron chi connectivity index (χ2n) is 2.28. The molecule has 3 nitrogen and oxygen atoms in total. The molecule has 0 aromatic carbocycles. The number of hydrogen-bond donors (Lipinski definition) is 0. The molecule has 1 aliphatic rings. The van der Waals surface area contributed by atoms with Gasteiger partial charge in [-0.25, -0.2) is 0 Å². The molecule has 0 spiro atoms. The van der Waals surface area contributed by atoms with Gasteiger partial charge in [0.1, 0.15) is 0 Å². The summed E-state index contributed by atoms with van der Waals surface area (Å²) in [7, 11) is 1.54. The molecule has 2 atom stereocenters. The van der Waals surface area contributed by atoms with Crippen LogP contribution < -0.4 is 0 Å². The summed E-state index contributed by atoms with van der Waals surface area (Å²) in [5.41, 5.74) is 0. The van der Waals surface area contributed by atoms with Crippen molar-refractivity contribution in [3.63, 3.8) is 0 Å². The van der Waals surface area contributed by atoms with E-state index in [1.54, 1.807) is 7.11 Å². The lowest BCUT2D eigenvalue weighted by Gasteiger charge is -2.09. The molecule has 0 aliphatic carbocycles. The molecule has 0 aromatic heterocycles. The predicted octanol–water partition coefficient (Wildman–Crippen LogP) is 0.542. The van der Waals surface area contributed by atoms with Gasteiger partial charge < -0.3 is 9.47 Å². The first-order valence-corrected chi connectivity index (χ1v) is 2.96. The average molecular weight is 130 g/mol. The fraction of sp³-hybridized carbons (Fsp3) is 0.833. The van der Waals surface area contributed by atoms with E-state index in [0.717, 1.165) is 0 Å². The Hall–Kier alpha value is -0.570. The Morgan fingerprint density at radius 2 is 2.44 bits per heavy atom. The van der Waals surface area contributed by atoms with E-state index in [-0.39, 0.29) is 18.2 Å². The lowest BCUT2D eigenvalue weighted by atomic mass is 10.1. The predicted molar refractivity (Wildman–Crippen MR) is 30.7 cm³/mol. The zero-order valence-corrected chi connectivity index (χ0v) is 5.59. The van der Waals surface area contributed by atoms with Gasteiger partial charge in [0.15, 0.2) is 0 Å². The monoisotopic (exact) mass is 130 g/mol. The molecule has 1 heterocycles. The van der Waals surface area contributed by atoms with Gasteiger partial charge in [-0.3, -0.25) is 4.79 Å². The van der Waals surface area contributed by atoms with Crippen LogP contribution in [-0.2, 0) is 14.3 Å². The lowest BCUT2D eigenvalue weighted by molar-refractivity contribution is -0.160. The van der Waals surface area contributed by atoms with Gasteiger partial charge in [-0.2, -0.15) is 0 Å². The van der Waals surface area contributed by atoms with Crippen molar-refractivity contribution in [3.05, 3.63) is 0 Å². The number of ether oxygens (including phenoxy) is 2. The summed E-state index contributed by atoms with van der Waals surface area (Å²) in [4.78, 5) is 10.5. The highest BCUT2D eigenvalue weighted by Gasteiger charge is 2.30. The standard InChI is InChI=1S/C6H10O3/c1-4-3-5(7)9-6(4)8-2/h4,6H,3H2,1-2H3/t4-,6?/m0/s1. The van der Waals surface area contributed by atoms with Crippen LogP contribution in [0.25, 0.3) is 0 Å². The maximum absolute atomic E-state index is 10.5. The summed E-state index contributed by atoms with van der Waals surface area (Å²) in [6, 6.07) is 0. The zero-order chi connectivity index (χ0) is 6.85. The van der Waals surface area contributed by atoms with E-state index in [1.165, 1.54) is 0 Å². The summed E-state index contributed by atoms with van der Waals surface area (Å²) in [5, 5.41) is 0. The molecule has 1 unspecified atom stereocenters. The molecule has 0 bridgehead atoms. The highest BCUT2D eigenvalue weighted by molar-refractivity contribution is 5.71. The molecule has 1 rings (SSSR count). The zero-order valence-electron chi connectivity index (χ0n) is 5.59. The molecule has 1 aliphatic heterocycles. The van der Waals surface area contributed by atoms with Gasteiger partial charge in [0.2, 0.25) is 6.29 Å². The number of carbonyl (C=O) groups excluding carboxylic acids is 1. The molecule has 9 heavy (non-hydrogen) atoms. The van der Waals surface area contributed by atoms with Crippen LogP contribution in [0, 0.1) is 5.92 Å². The van der Waals surface area contributed by atoms with Gasteiger partial charge in [0.25, 0.3) is 0 Å².